The molecule has 0 bridgehead atoms. The van der Waals surface area contributed by atoms with Gasteiger partial charge in [0.2, 0.25) is 0 Å². The van der Waals surface area contributed by atoms with Gasteiger partial charge in [-0.3, -0.25) is 4.79 Å². The molecule has 0 aliphatic heterocycles. The molecule has 59 heavy (non-hydrogen) atoms. The van der Waals surface area contributed by atoms with Crippen LogP contribution >= 0.6 is 23.2 Å². The summed E-state index contributed by atoms with van der Waals surface area (Å²) in [5.74, 6) is -0.772. The summed E-state index contributed by atoms with van der Waals surface area (Å²) in [4.78, 5) is 29.9. The van der Waals surface area contributed by atoms with Gasteiger partial charge in [-0.2, -0.15) is 0 Å². The molecule has 0 saturated heterocycles. The Morgan fingerprint density at radius 3 is 1.95 bits per heavy atom. The van der Waals surface area contributed by atoms with Crippen molar-refractivity contribution in [1.29, 1.82) is 0 Å². The Balaban J connectivity index is 1.31. The van der Waals surface area contributed by atoms with Gasteiger partial charge in [0.15, 0.2) is 5.78 Å². The predicted octanol–water partition coefficient (Wildman–Crippen LogP) is 14.2. The Bertz CT molecular complexity index is 2710. The van der Waals surface area contributed by atoms with Gasteiger partial charge in [0, 0.05) is 50.1 Å². The molecule has 7 aromatic rings. The van der Waals surface area contributed by atoms with Crippen molar-refractivity contribution in [1.82, 2.24) is 0 Å². The molecular formula is C52H43Cl2NO4. The Kier molecular flexibility index (Phi) is 11.3. The van der Waals surface area contributed by atoms with Gasteiger partial charge in [0.05, 0.1) is 17.9 Å². The van der Waals surface area contributed by atoms with Crippen molar-refractivity contribution in [2.45, 2.75) is 33.1 Å². The number of carbonyl (C=O) groups excluding carboxylic acids is 2. The molecule has 0 fully saturated rings. The van der Waals surface area contributed by atoms with Gasteiger partial charge in [-0.15, -0.1) is 0 Å². The SMILES string of the molecule is CCOCC(=O)c1cc(-c2cc(Cl)ccc2Cl)c(C(=O)OCC)cc1-c1ccc(N(c2ccc3c(c2)C(C)(C)c2ccccc2-3)c2ccccc2-c2ccccc2)cc1. The summed E-state index contributed by atoms with van der Waals surface area (Å²) in [6, 6.07) is 50.8. The summed E-state index contributed by atoms with van der Waals surface area (Å²) in [5.41, 5.74) is 12.9. The maximum atomic E-state index is 14.0. The van der Waals surface area contributed by atoms with Crippen LogP contribution in [0.4, 0.5) is 17.1 Å². The Hall–Kier alpha value is -5.98. The normalized spacial score (nSPS) is 12.4. The summed E-state index contributed by atoms with van der Waals surface area (Å²) in [6.45, 7) is 8.59. The number of Topliss-reactive ketones (excluding diaryl/α,β-unsaturated/α-hetero) is 1. The van der Waals surface area contributed by atoms with Crippen LogP contribution in [-0.4, -0.2) is 31.6 Å². The van der Waals surface area contributed by atoms with Crippen molar-refractivity contribution in [3.8, 4) is 44.5 Å². The highest BCUT2D eigenvalue weighted by atomic mass is 35.5. The quantitative estimate of drug-likeness (QED) is 0.0908. The minimum atomic E-state index is -0.536. The van der Waals surface area contributed by atoms with Crippen molar-refractivity contribution < 1.29 is 19.1 Å². The van der Waals surface area contributed by atoms with Crippen molar-refractivity contribution in [2.24, 2.45) is 0 Å². The number of hydrogen-bond acceptors (Lipinski definition) is 5. The van der Waals surface area contributed by atoms with E-state index in [1.807, 2.05) is 25.1 Å². The topological polar surface area (TPSA) is 55.8 Å². The predicted molar refractivity (Wildman–Crippen MR) is 242 cm³/mol. The molecular weight excluding hydrogens is 773 g/mol. The van der Waals surface area contributed by atoms with Crippen molar-refractivity contribution in [3.63, 3.8) is 0 Å². The number of carbonyl (C=O) groups is 2. The number of esters is 1. The van der Waals surface area contributed by atoms with Crippen LogP contribution in [-0.2, 0) is 14.9 Å². The van der Waals surface area contributed by atoms with Gasteiger partial charge in [0.25, 0.3) is 0 Å². The molecule has 8 rings (SSSR count). The lowest BCUT2D eigenvalue weighted by atomic mass is 9.82. The molecule has 294 valence electrons. The van der Waals surface area contributed by atoms with Gasteiger partial charge in [0.1, 0.15) is 6.61 Å². The van der Waals surface area contributed by atoms with Crippen LogP contribution < -0.4 is 4.90 Å². The molecule has 0 saturated carbocycles. The lowest BCUT2D eigenvalue weighted by Crippen LogP contribution is -2.17. The first-order valence-electron chi connectivity index (χ1n) is 19.8. The number of benzene rings is 7. The first-order chi connectivity index (χ1) is 28.6. The van der Waals surface area contributed by atoms with Crippen LogP contribution in [0.25, 0.3) is 44.5 Å². The van der Waals surface area contributed by atoms with E-state index in [9.17, 15) is 9.59 Å². The monoisotopic (exact) mass is 815 g/mol. The largest absolute Gasteiger partial charge is 0.462 e. The van der Waals surface area contributed by atoms with E-state index < -0.39 is 5.97 Å². The highest BCUT2D eigenvalue weighted by Gasteiger charge is 2.36. The molecule has 0 spiro atoms. The summed E-state index contributed by atoms with van der Waals surface area (Å²) in [6.07, 6.45) is 0. The fourth-order valence-electron chi connectivity index (χ4n) is 8.23. The second-order valence-electron chi connectivity index (χ2n) is 15.0. The number of para-hydroxylation sites is 1. The van der Waals surface area contributed by atoms with Gasteiger partial charge in [-0.05, 0) is 119 Å². The van der Waals surface area contributed by atoms with E-state index in [4.69, 9.17) is 32.7 Å². The number of anilines is 3. The summed E-state index contributed by atoms with van der Waals surface area (Å²) < 4.78 is 11.2. The number of halogens is 2. The fraction of sp³-hybridized carbons (Fsp3) is 0.154. The van der Waals surface area contributed by atoms with Crippen molar-refractivity contribution in [2.75, 3.05) is 24.7 Å². The van der Waals surface area contributed by atoms with Gasteiger partial charge in [-0.1, -0.05) is 128 Å². The first-order valence-corrected chi connectivity index (χ1v) is 20.6. The highest BCUT2D eigenvalue weighted by molar-refractivity contribution is 6.35. The van der Waals surface area contributed by atoms with E-state index in [2.05, 4.69) is 122 Å². The van der Waals surface area contributed by atoms with E-state index >= 15 is 0 Å². The van der Waals surface area contributed by atoms with Gasteiger partial charge >= 0.3 is 5.97 Å². The fourth-order valence-corrected chi connectivity index (χ4v) is 8.62. The molecule has 0 atom stereocenters. The second-order valence-corrected chi connectivity index (χ2v) is 15.9. The lowest BCUT2D eigenvalue weighted by molar-refractivity contribution is 0.0527. The number of fused-ring (bicyclic) bond motifs is 3. The van der Waals surface area contributed by atoms with E-state index in [0.717, 1.165) is 33.8 Å². The molecule has 0 radical (unpaired) electrons. The number of ketones is 1. The first kappa shape index (κ1) is 39.8. The van der Waals surface area contributed by atoms with Gasteiger partial charge in [-0.25, -0.2) is 4.79 Å². The third-order valence-corrected chi connectivity index (χ3v) is 11.7. The molecule has 1 aliphatic rings. The molecule has 1 aliphatic carbocycles. The van der Waals surface area contributed by atoms with E-state index in [-0.39, 0.29) is 30.0 Å². The summed E-state index contributed by atoms with van der Waals surface area (Å²) in [5, 5.41) is 0.825. The average molecular weight is 817 g/mol. The second kappa shape index (κ2) is 16.7. The Morgan fingerprint density at radius 1 is 0.559 bits per heavy atom. The van der Waals surface area contributed by atoms with Crippen LogP contribution in [0, 0.1) is 0 Å². The molecule has 0 unspecified atom stereocenters. The maximum absolute atomic E-state index is 14.0. The van der Waals surface area contributed by atoms with Crippen molar-refractivity contribution in [3.05, 3.63) is 184 Å². The number of hydrogen-bond donors (Lipinski definition) is 0. The molecule has 0 aromatic heterocycles. The standard InChI is InChI=1S/C52H43Cl2NO4/c1-5-58-32-50(56)44-31-42(43-28-35(53)22-27-48(43)54)45(51(57)59-6-2)30-41(44)34-20-23-36(24-21-34)55(49-19-13-11-16-38(49)33-14-8-7-9-15-33)37-25-26-40-39-17-10-12-18-46(39)52(3,4)47(40)29-37/h7-31H,5-6,32H2,1-4H3. The molecule has 7 aromatic carbocycles. The van der Waals surface area contributed by atoms with Crippen molar-refractivity contribution >= 4 is 52.0 Å². The van der Waals surface area contributed by atoms with Gasteiger partial charge < -0.3 is 14.4 Å². The zero-order chi connectivity index (χ0) is 41.3. The van der Waals surface area contributed by atoms with E-state index in [0.29, 0.717) is 38.9 Å². The smallest absolute Gasteiger partial charge is 0.338 e. The van der Waals surface area contributed by atoms with Crippen LogP contribution in [0.5, 0.6) is 0 Å². The van der Waals surface area contributed by atoms with E-state index in [1.54, 1.807) is 37.3 Å². The molecule has 0 amide bonds. The third kappa shape index (κ3) is 7.58. The summed E-state index contributed by atoms with van der Waals surface area (Å²) >= 11 is 13.1. The Morgan fingerprint density at radius 2 is 1.20 bits per heavy atom. The van der Waals surface area contributed by atoms with E-state index in [1.165, 1.54) is 22.3 Å². The number of ether oxygens (including phenoxy) is 2. The minimum absolute atomic E-state index is 0.133. The zero-order valence-corrected chi connectivity index (χ0v) is 34.9. The third-order valence-electron chi connectivity index (χ3n) is 11.1. The summed E-state index contributed by atoms with van der Waals surface area (Å²) in [7, 11) is 0. The van der Waals surface area contributed by atoms with Crippen LogP contribution in [0.15, 0.2) is 152 Å². The Labute approximate surface area is 355 Å². The van der Waals surface area contributed by atoms with Crippen LogP contribution in [0.2, 0.25) is 10.0 Å². The number of nitrogens with zero attached hydrogens (tertiary/aromatic N) is 1. The van der Waals surface area contributed by atoms with Crippen LogP contribution in [0.3, 0.4) is 0 Å². The molecule has 0 heterocycles. The lowest BCUT2D eigenvalue weighted by Gasteiger charge is -2.30. The highest BCUT2D eigenvalue weighted by Crippen LogP contribution is 2.51. The zero-order valence-electron chi connectivity index (χ0n) is 33.4. The minimum Gasteiger partial charge on any atom is -0.462 e. The maximum Gasteiger partial charge on any atom is 0.338 e. The average Bonchev–Trinajstić information content (AvgIpc) is 3.49. The molecule has 5 nitrogen and oxygen atoms in total. The van der Waals surface area contributed by atoms with Crippen LogP contribution in [0.1, 0.15) is 59.5 Å². The number of rotatable bonds is 12. The molecule has 0 N–H and O–H groups in total. The molecule has 7 heteroatoms.